The Hall–Kier alpha value is -4.39. The fourth-order valence-electron chi connectivity index (χ4n) is 3.72. The molecule has 0 aromatic carbocycles. The first kappa shape index (κ1) is 47.0. The number of hydrogen-bond acceptors (Lipinski definition) is 7. The minimum Gasteiger partial charge on any atom is -0.265 e. The Kier molecular flexibility index (Phi) is 41.6. The van der Waals surface area contributed by atoms with Crippen LogP contribution in [0.3, 0.4) is 0 Å². The number of aryl methyl sites for hydroxylation is 4. The fraction of sp³-hybridized carbons (Fsp3) is 0.425. The van der Waals surface area contributed by atoms with E-state index in [1.165, 1.54) is 73.8 Å². The summed E-state index contributed by atoms with van der Waals surface area (Å²) in [5.41, 5.74) is 5.57. The van der Waals surface area contributed by atoms with Gasteiger partial charge in [-0.1, -0.05) is 87.4 Å². The monoisotopic (exact) mass is 642 g/mol. The van der Waals surface area contributed by atoms with Crippen LogP contribution in [0.15, 0.2) is 117 Å². The van der Waals surface area contributed by atoms with E-state index < -0.39 is 0 Å². The molecule has 7 nitrogen and oxygen atoms in total. The lowest BCUT2D eigenvalue weighted by atomic mass is 9.96. The topological polar surface area (TPSA) is 90.2 Å². The average molecular weight is 642 g/mol. The molecule has 0 N–H and O–H groups in total. The van der Waals surface area contributed by atoms with E-state index >= 15 is 0 Å². The lowest BCUT2D eigenvalue weighted by Crippen LogP contribution is -2.03. The van der Waals surface area contributed by atoms with Crippen molar-refractivity contribution in [3.8, 4) is 0 Å². The Bertz CT molecular complexity index is 1010. The van der Waals surface area contributed by atoms with Crippen molar-refractivity contribution < 1.29 is 0 Å². The van der Waals surface area contributed by atoms with Gasteiger partial charge in [-0.3, -0.25) is 24.9 Å². The van der Waals surface area contributed by atoms with Crippen molar-refractivity contribution >= 4 is 0 Å². The summed E-state index contributed by atoms with van der Waals surface area (Å²) in [6, 6.07) is 15.9. The summed E-state index contributed by atoms with van der Waals surface area (Å²) in [7, 11) is 0. The van der Waals surface area contributed by atoms with Gasteiger partial charge >= 0.3 is 0 Å². The fourth-order valence-corrected chi connectivity index (χ4v) is 3.72. The highest BCUT2D eigenvalue weighted by Crippen LogP contribution is 2.18. The van der Waals surface area contributed by atoms with Crippen LogP contribution in [0.25, 0.3) is 0 Å². The average Bonchev–Trinajstić information content (AvgIpc) is 3.71. The Morgan fingerprint density at radius 1 is 0.340 bits per heavy atom. The van der Waals surface area contributed by atoms with Crippen LogP contribution in [-0.2, 0) is 25.7 Å². The first-order valence-electron chi connectivity index (χ1n) is 17.5. The van der Waals surface area contributed by atoms with Crippen molar-refractivity contribution in [1.82, 2.24) is 34.9 Å². The van der Waals surface area contributed by atoms with Crippen molar-refractivity contribution in [2.45, 2.75) is 114 Å². The highest BCUT2D eigenvalue weighted by atomic mass is 14.8. The summed E-state index contributed by atoms with van der Waals surface area (Å²) in [4.78, 5) is 27.2. The van der Waals surface area contributed by atoms with E-state index in [0.29, 0.717) is 0 Å². The molecule has 5 heterocycles. The van der Waals surface area contributed by atoms with Gasteiger partial charge < -0.3 is 0 Å². The molecular formula is C40H63N7. The van der Waals surface area contributed by atoms with E-state index in [1.807, 2.05) is 112 Å². The summed E-state index contributed by atoms with van der Waals surface area (Å²) >= 11 is 0. The van der Waals surface area contributed by atoms with Crippen LogP contribution >= 0.6 is 0 Å². The normalized spacial score (nSPS) is 10.2. The molecule has 7 rings (SSSR count). The van der Waals surface area contributed by atoms with Gasteiger partial charge in [0.25, 0.3) is 0 Å². The minimum absolute atomic E-state index is 1.19. The van der Waals surface area contributed by atoms with Crippen molar-refractivity contribution in [3.05, 3.63) is 139 Å². The Morgan fingerprint density at radius 2 is 0.723 bits per heavy atom. The van der Waals surface area contributed by atoms with Crippen molar-refractivity contribution in [2.75, 3.05) is 0 Å². The zero-order valence-electron chi connectivity index (χ0n) is 31.0. The van der Waals surface area contributed by atoms with Gasteiger partial charge in [0.2, 0.25) is 0 Å². The second kappa shape index (κ2) is 41.6. The molecular weight excluding hydrogens is 578 g/mol. The lowest BCUT2D eigenvalue weighted by Gasteiger charge is -2.12. The summed E-state index contributed by atoms with van der Waals surface area (Å²) in [5, 5.41) is 0. The highest BCUT2D eigenvalue weighted by molar-refractivity contribution is 5.24. The standard InChI is InChI=1S/C9H11N.C8H9N.C5H5N.2C4H4N2.5C2H6/c1-2-6-9-8(4-1)5-3-7-10-9;1-3-7-4-2-6-9-8(7)5-1;1-2-4-6-5-3-1;1-2-6-4-3-5-1;1-2-5-4-6-3-1;5*1-2/h3,5,7H,1-2,4,6H2;2,4,6H,1,3,5H2;1-5H;2*1-4H;5*1-2H3. The summed E-state index contributed by atoms with van der Waals surface area (Å²) < 4.78 is 0. The van der Waals surface area contributed by atoms with Crippen LogP contribution in [0.1, 0.15) is 111 Å². The van der Waals surface area contributed by atoms with Crippen LogP contribution in [0.4, 0.5) is 0 Å². The van der Waals surface area contributed by atoms with E-state index in [0.717, 1.165) is 0 Å². The van der Waals surface area contributed by atoms with E-state index in [-0.39, 0.29) is 0 Å². The number of aromatic nitrogens is 7. The van der Waals surface area contributed by atoms with E-state index in [2.05, 4.69) is 47.0 Å². The molecule has 0 aliphatic heterocycles. The first-order valence-corrected chi connectivity index (χ1v) is 17.5. The van der Waals surface area contributed by atoms with Gasteiger partial charge in [0.1, 0.15) is 6.33 Å². The van der Waals surface area contributed by atoms with Gasteiger partial charge in [-0.2, -0.15) is 0 Å². The SMILES string of the molecule is CC.CC.CC.CC.CC.c1ccncc1.c1cnc2c(c1)CCC2.c1cnc2c(c1)CCCC2.c1cnccn1.c1cncnc1. The molecule has 2 aliphatic rings. The predicted octanol–water partition coefficient (Wildman–Crippen LogP) is 10.7. The van der Waals surface area contributed by atoms with Gasteiger partial charge in [-0.15, -0.1) is 0 Å². The number of rotatable bonds is 0. The van der Waals surface area contributed by atoms with Crippen LogP contribution < -0.4 is 0 Å². The Labute approximate surface area is 287 Å². The third kappa shape index (κ3) is 27.6. The number of pyridine rings is 3. The van der Waals surface area contributed by atoms with Crippen molar-refractivity contribution in [2.24, 2.45) is 0 Å². The molecule has 5 aromatic rings. The maximum Gasteiger partial charge on any atom is 0.115 e. The molecule has 0 radical (unpaired) electrons. The molecule has 0 saturated heterocycles. The summed E-state index contributed by atoms with van der Waals surface area (Å²) in [6.45, 7) is 20.0. The second-order valence-electron chi connectivity index (χ2n) is 8.10. The summed E-state index contributed by atoms with van der Waals surface area (Å²) in [5.74, 6) is 0. The molecule has 0 saturated carbocycles. The molecule has 7 heteroatoms. The molecule has 0 amide bonds. The van der Waals surface area contributed by atoms with Gasteiger partial charge in [0, 0.05) is 73.4 Å². The van der Waals surface area contributed by atoms with Crippen LogP contribution in [-0.4, -0.2) is 34.9 Å². The van der Waals surface area contributed by atoms with E-state index in [4.69, 9.17) is 0 Å². The minimum atomic E-state index is 1.19. The summed E-state index contributed by atoms with van der Waals surface area (Å²) in [6.07, 6.45) is 27.5. The Morgan fingerprint density at radius 3 is 1.04 bits per heavy atom. The van der Waals surface area contributed by atoms with E-state index in [9.17, 15) is 0 Å². The molecule has 258 valence electrons. The maximum atomic E-state index is 4.32. The van der Waals surface area contributed by atoms with Crippen molar-refractivity contribution in [1.29, 1.82) is 0 Å². The molecule has 0 fully saturated rings. The molecule has 2 aliphatic carbocycles. The molecule has 0 spiro atoms. The third-order valence-corrected chi connectivity index (χ3v) is 5.46. The molecule has 47 heavy (non-hydrogen) atoms. The first-order chi connectivity index (χ1) is 23.4. The van der Waals surface area contributed by atoms with Crippen LogP contribution in [0, 0.1) is 0 Å². The third-order valence-electron chi connectivity index (χ3n) is 5.46. The number of hydrogen-bond donors (Lipinski definition) is 0. The smallest absolute Gasteiger partial charge is 0.115 e. The molecule has 0 unspecified atom stereocenters. The quantitative estimate of drug-likeness (QED) is 0.166. The zero-order valence-corrected chi connectivity index (χ0v) is 31.0. The second-order valence-corrected chi connectivity index (χ2v) is 8.10. The largest absolute Gasteiger partial charge is 0.265 e. The highest BCUT2D eigenvalue weighted by Gasteiger charge is 2.09. The number of fused-ring (bicyclic) bond motifs is 2. The maximum absolute atomic E-state index is 4.32. The molecule has 0 atom stereocenters. The predicted molar refractivity (Wildman–Crippen MR) is 202 cm³/mol. The van der Waals surface area contributed by atoms with Gasteiger partial charge in [-0.25, -0.2) is 9.97 Å². The van der Waals surface area contributed by atoms with Gasteiger partial charge in [-0.05, 0) is 86.4 Å². The van der Waals surface area contributed by atoms with Gasteiger partial charge in [0.05, 0.1) is 0 Å². The molecule has 5 aromatic heterocycles. The Balaban J connectivity index is -0.000000489. The molecule has 0 bridgehead atoms. The lowest BCUT2D eigenvalue weighted by molar-refractivity contribution is 0.668. The zero-order chi connectivity index (χ0) is 35.6. The van der Waals surface area contributed by atoms with E-state index in [1.54, 1.807) is 55.6 Å². The van der Waals surface area contributed by atoms with Crippen LogP contribution in [0.2, 0.25) is 0 Å². The van der Waals surface area contributed by atoms with Crippen molar-refractivity contribution in [3.63, 3.8) is 0 Å². The van der Waals surface area contributed by atoms with Crippen LogP contribution in [0.5, 0.6) is 0 Å². The number of nitrogens with zero attached hydrogens (tertiary/aromatic N) is 7. The van der Waals surface area contributed by atoms with Gasteiger partial charge in [0.15, 0.2) is 0 Å².